The van der Waals surface area contributed by atoms with Gasteiger partial charge < -0.3 is 19.7 Å². The third kappa shape index (κ3) is 3.72. The van der Waals surface area contributed by atoms with E-state index in [-0.39, 0.29) is 13.2 Å². The molecule has 1 aromatic rings. The molecule has 0 radical (unpaired) electrons. The Bertz CT molecular complexity index is 312. The van der Waals surface area contributed by atoms with E-state index in [1.807, 2.05) is 19.1 Å². The van der Waals surface area contributed by atoms with Gasteiger partial charge in [0.25, 0.3) is 0 Å². The lowest BCUT2D eigenvalue weighted by Crippen LogP contribution is -2.05. The van der Waals surface area contributed by atoms with E-state index in [0.717, 1.165) is 23.5 Å². The van der Waals surface area contributed by atoms with Crippen LogP contribution in [0.2, 0.25) is 0 Å². The van der Waals surface area contributed by atoms with Crippen LogP contribution in [0.15, 0.2) is 18.2 Å². The maximum Gasteiger partial charge on any atom is 0.122 e. The van der Waals surface area contributed by atoms with E-state index >= 15 is 0 Å². The van der Waals surface area contributed by atoms with Gasteiger partial charge in [-0.05, 0) is 30.2 Å². The molecule has 0 bridgehead atoms. The predicted molar refractivity (Wildman–Crippen MR) is 61.0 cm³/mol. The molecule has 0 unspecified atom stereocenters. The Balaban J connectivity index is 2.71. The number of hydrogen-bond donors (Lipinski definition) is 2. The zero-order chi connectivity index (χ0) is 11.8. The van der Waals surface area contributed by atoms with Crippen LogP contribution in [0.1, 0.15) is 12.5 Å². The van der Waals surface area contributed by atoms with E-state index in [2.05, 4.69) is 0 Å². The largest absolute Gasteiger partial charge is 0.491 e. The quantitative estimate of drug-likeness (QED) is 0.728. The molecule has 0 atom stereocenters. The van der Waals surface area contributed by atoms with Crippen molar-refractivity contribution in [2.75, 3.05) is 26.4 Å². The predicted octanol–water partition coefficient (Wildman–Crippen LogP) is 0.991. The van der Waals surface area contributed by atoms with Crippen molar-refractivity contribution < 1.29 is 19.7 Å². The molecule has 4 heteroatoms. The Labute approximate surface area is 95.4 Å². The van der Waals surface area contributed by atoms with Crippen LogP contribution in [-0.2, 0) is 6.42 Å². The summed E-state index contributed by atoms with van der Waals surface area (Å²) in [6.45, 7) is 2.62. The summed E-state index contributed by atoms with van der Waals surface area (Å²) in [7, 11) is 0. The van der Waals surface area contributed by atoms with Gasteiger partial charge in [-0.25, -0.2) is 0 Å². The maximum absolute atomic E-state index is 8.68. The van der Waals surface area contributed by atoms with Crippen LogP contribution in [0.4, 0.5) is 0 Å². The summed E-state index contributed by atoms with van der Waals surface area (Å²) >= 11 is 0. The van der Waals surface area contributed by atoms with E-state index < -0.39 is 0 Å². The van der Waals surface area contributed by atoms with Gasteiger partial charge in [-0.3, -0.25) is 0 Å². The molecular weight excluding hydrogens is 208 g/mol. The molecule has 2 N–H and O–H groups in total. The van der Waals surface area contributed by atoms with Crippen molar-refractivity contribution in [2.24, 2.45) is 0 Å². The second-order valence-corrected chi connectivity index (χ2v) is 3.27. The Kier molecular flexibility index (Phi) is 5.67. The molecule has 16 heavy (non-hydrogen) atoms. The summed E-state index contributed by atoms with van der Waals surface area (Å²) in [4.78, 5) is 0. The molecule has 0 saturated heterocycles. The van der Waals surface area contributed by atoms with Gasteiger partial charge in [0.2, 0.25) is 0 Å². The van der Waals surface area contributed by atoms with E-state index in [9.17, 15) is 0 Å². The Morgan fingerprint density at radius 3 is 2.38 bits per heavy atom. The van der Waals surface area contributed by atoms with Crippen LogP contribution in [0, 0.1) is 0 Å². The highest BCUT2D eigenvalue weighted by atomic mass is 16.5. The second kappa shape index (κ2) is 7.09. The van der Waals surface area contributed by atoms with E-state index in [4.69, 9.17) is 19.7 Å². The van der Waals surface area contributed by atoms with Gasteiger partial charge in [-0.2, -0.15) is 0 Å². The van der Waals surface area contributed by atoms with E-state index in [1.165, 1.54) is 0 Å². The number of aliphatic hydroxyl groups excluding tert-OH is 2. The van der Waals surface area contributed by atoms with E-state index in [0.29, 0.717) is 13.2 Å². The van der Waals surface area contributed by atoms with Gasteiger partial charge >= 0.3 is 0 Å². The highest BCUT2D eigenvalue weighted by Crippen LogP contribution is 2.24. The topological polar surface area (TPSA) is 58.9 Å². The van der Waals surface area contributed by atoms with Crippen molar-refractivity contribution >= 4 is 0 Å². The fourth-order valence-corrected chi connectivity index (χ4v) is 1.38. The number of rotatable bonds is 7. The molecule has 0 saturated carbocycles. The minimum Gasteiger partial charge on any atom is -0.491 e. The SMILES string of the molecule is CCc1cc(OCCO)ccc1OCCO. The molecule has 0 aliphatic rings. The average Bonchev–Trinajstić information content (AvgIpc) is 2.34. The van der Waals surface area contributed by atoms with Gasteiger partial charge in [0, 0.05) is 0 Å². The molecule has 0 spiro atoms. The number of benzene rings is 1. The standard InChI is InChI=1S/C12H18O4/c1-2-10-9-11(15-7-5-13)3-4-12(10)16-8-6-14/h3-4,9,13-14H,2,5-8H2,1H3. The molecule has 90 valence electrons. The fraction of sp³-hybridized carbons (Fsp3) is 0.500. The van der Waals surface area contributed by atoms with Gasteiger partial charge in [0.15, 0.2) is 0 Å². The minimum absolute atomic E-state index is 0.00419. The lowest BCUT2D eigenvalue weighted by Gasteiger charge is -2.11. The van der Waals surface area contributed by atoms with Crippen molar-refractivity contribution in [2.45, 2.75) is 13.3 Å². The summed E-state index contributed by atoms with van der Waals surface area (Å²) in [6.07, 6.45) is 0.830. The Morgan fingerprint density at radius 2 is 1.75 bits per heavy atom. The number of aliphatic hydroxyl groups is 2. The molecule has 1 aromatic carbocycles. The molecular formula is C12H18O4. The first-order valence-corrected chi connectivity index (χ1v) is 5.42. The normalized spacial score (nSPS) is 10.2. The molecule has 0 fully saturated rings. The third-order valence-electron chi connectivity index (χ3n) is 2.12. The third-order valence-corrected chi connectivity index (χ3v) is 2.12. The van der Waals surface area contributed by atoms with Crippen LogP contribution in [0.5, 0.6) is 11.5 Å². The van der Waals surface area contributed by atoms with Crippen molar-refractivity contribution in [3.8, 4) is 11.5 Å². The lowest BCUT2D eigenvalue weighted by atomic mass is 10.1. The monoisotopic (exact) mass is 226 g/mol. The van der Waals surface area contributed by atoms with Crippen LogP contribution in [-0.4, -0.2) is 36.6 Å². The van der Waals surface area contributed by atoms with Crippen LogP contribution < -0.4 is 9.47 Å². The summed E-state index contributed by atoms with van der Waals surface area (Å²) < 4.78 is 10.7. The smallest absolute Gasteiger partial charge is 0.122 e. The lowest BCUT2D eigenvalue weighted by molar-refractivity contribution is 0.197. The average molecular weight is 226 g/mol. The zero-order valence-corrected chi connectivity index (χ0v) is 9.48. The zero-order valence-electron chi connectivity index (χ0n) is 9.48. The minimum atomic E-state index is 0.00419. The van der Waals surface area contributed by atoms with Gasteiger partial charge in [0.1, 0.15) is 24.7 Å². The van der Waals surface area contributed by atoms with Gasteiger partial charge in [0.05, 0.1) is 13.2 Å². The van der Waals surface area contributed by atoms with Crippen molar-refractivity contribution in [1.29, 1.82) is 0 Å². The summed E-state index contributed by atoms with van der Waals surface area (Å²) in [5, 5.41) is 17.3. The highest BCUT2D eigenvalue weighted by molar-refractivity contribution is 5.40. The van der Waals surface area contributed by atoms with Gasteiger partial charge in [-0.15, -0.1) is 0 Å². The number of hydrogen-bond acceptors (Lipinski definition) is 4. The van der Waals surface area contributed by atoms with Crippen molar-refractivity contribution in [3.63, 3.8) is 0 Å². The van der Waals surface area contributed by atoms with Crippen LogP contribution in [0.3, 0.4) is 0 Å². The summed E-state index contributed by atoms with van der Waals surface area (Å²) in [5.41, 5.74) is 1.03. The van der Waals surface area contributed by atoms with Crippen molar-refractivity contribution in [3.05, 3.63) is 23.8 Å². The number of aryl methyl sites for hydroxylation is 1. The van der Waals surface area contributed by atoms with Gasteiger partial charge in [-0.1, -0.05) is 6.92 Å². The molecule has 1 rings (SSSR count). The Hall–Kier alpha value is -1.26. The maximum atomic E-state index is 8.68. The molecule has 4 nitrogen and oxygen atoms in total. The second-order valence-electron chi connectivity index (χ2n) is 3.27. The first kappa shape index (κ1) is 12.8. The van der Waals surface area contributed by atoms with Crippen molar-refractivity contribution in [1.82, 2.24) is 0 Å². The molecule has 0 amide bonds. The fourth-order valence-electron chi connectivity index (χ4n) is 1.38. The first-order valence-electron chi connectivity index (χ1n) is 5.42. The van der Waals surface area contributed by atoms with Crippen LogP contribution in [0.25, 0.3) is 0 Å². The molecule has 0 aliphatic heterocycles. The molecule has 0 aliphatic carbocycles. The summed E-state index contributed by atoms with van der Waals surface area (Å²) in [6, 6.07) is 5.51. The number of ether oxygens (including phenoxy) is 2. The van der Waals surface area contributed by atoms with E-state index in [1.54, 1.807) is 6.07 Å². The van der Waals surface area contributed by atoms with Crippen LogP contribution >= 0.6 is 0 Å². The molecule has 0 aromatic heterocycles. The highest BCUT2D eigenvalue weighted by Gasteiger charge is 2.04. The first-order chi connectivity index (χ1) is 7.81. The Morgan fingerprint density at radius 1 is 1.06 bits per heavy atom. The summed E-state index contributed by atoms with van der Waals surface area (Å²) in [5.74, 6) is 1.50. The molecule has 0 heterocycles.